The molecule has 3 rings (SSSR count). The maximum atomic E-state index is 12.8. The van der Waals surface area contributed by atoms with Gasteiger partial charge >= 0.3 is 0 Å². The molecule has 0 saturated carbocycles. The second-order valence-corrected chi connectivity index (χ2v) is 7.71. The van der Waals surface area contributed by atoms with Crippen molar-refractivity contribution < 1.29 is 19.8 Å². The van der Waals surface area contributed by atoms with Crippen molar-refractivity contribution in [1.82, 2.24) is 4.90 Å². The summed E-state index contributed by atoms with van der Waals surface area (Å²) >= 11 is 3.35. The monoisotopic (exact) mass is 443 g/mol. The maximum Gasteiger partial charge on any atom is 0.295 e. The molecule has 28 heavy (non-hydrogen) atoms. The number of carbonyl (C=O) groups excluding carboxylic acids is 2. The van der Waals surface area contributed by atoms with Crippen molar-refractivity contribution in [1.29, 1.82) is 0 Å². The number of rotatable bonds is 6. The molecule has 0 radical (unpaired) electrons. The summed E-state index contributed by atoms with van der Waals surface area (Å²) in [5.74, 6) is -1.38. The third-order valence-electron chi connectivity index (χ3n) is 4.87. The molecule has 146 valence electrons. The first-order valence-corrected chi connectivity index (χ1v) is 10.1. The Morgan fingerprint density at radius 2 is 1.68 bits per heavy atom. The van der Waals surface area contributed by atoms with E-state index in [1.54, 1.807) is 36.4 Å². The van der Waals surface area contributed by atoms with E-state index in [9.17, 15) is 19.8 Å². The van der Waals surface area contributed by atoms with Crippen molar-refractivity contribution in [2.24, 2.45) is 0 Å². The number of phenols is 1. The standard InChI is InChI=1S/C22H22BrNO4/c1-2-3-4-13-24-19(14-7-11-17(25)12-8-14)18(21(27)22(24)28)20(26)15-5-9-16(23)10-6-15/h5-12,19,25-26H,2-4,13H2,1H3/b20-18-. The van der Waals surface area contributed by atoms with Crippen LogP contribution in [0.15, 0.2) is 58.6 Å². The van der Waals surface area contributed by atoms with Crippen LogP contribution in [0.5, 0.6) is 5.75 Å². The van der Waals surface area contributed by atoms with Crippen molar-refractivity contribution >= 4 is 33.4 Å². The Balaban J connectivity index is 2.10. The summed E-state index contributed by atoms with van der Waals surface area (Å²) in [7, 11) is 0. The number of likely N-dealkylation sites (tertiary alicyclic amines) is 1. The number of amides is 1. The molecular weight excluding hydrogens is 422 g/mol. The third-order valence-corrected chi connectivity index (χ3v) is 5.40. The summed E-state index contributed by atoms with van der Waals surface area (Å²) in [6.07, 6.45) is 2.71. The van der Waals surface area contributed by atoms with E-state index in [0.717, 1.165) is 23.7 Å². The minimum atomic E-state index is -0.685. The molecule has 1 fully saturated rings. The molecule has 1 atom stereocenters. The van der Waals surface area contributed by atoms with Crippen molar-refractivity contribution in [3.05, 3.63) is 69.7 Å². The molecule has 1 saturated heterocycles. The van der Waals surface area contributed by atoms with Gasteiger partial charge in [0.2, 0.25) is 0 Å². The predicted molar refractivity (Wildman–Crippen MR) is 111 cm³/mol. The SMILES string of the molecule is CCCCCN1C(=O)C(=O)/C(=C(\O)c2ccc(Br)cc2)C1c1ccc(O)cc1. The van der Waals surface area contributed by atoms with Gasteiger partial charge in [-0.3, -0.25) is 9.59 Å². The summed E-state index contributed by atoms with van der Waals surface area (Å²) in [5.41, 5.74) is 1.22. The van der Waals surface area contributed by atoms with Gasteiger partial charge in [-0.15, -0.1) is 0 Å². The van der Waals surface area contributed by atoms with Crippen LogP contribution in [0.2, 0.25) is 0 Å². The fourth-order valence-corrected chi connectivity index (χ4v) is 3.67. The normalized spacial score (nSPS) is 18.6. The van der Waals surface area contributed by atoms with E-state index >= 15 is 0 Å². The second-order valence-electron chi connectivity index (χ2n) is 6.80. The number of Topliss-reactive ketones (excluding diaryl/α,β-unsaturated/α-hetero) is 1. The van der Waals surface area contributed by atoms with Crippen LogP contribution in [0, 0.1) is 0 Å². The number of benzene rings is 2. The number of ketones is 1. The zero-order valence-electron chi connectivity index (χ0n) is 15.6. The Morgan fingerprint density at radius 1 is 1.04 bits per heavy atom. The molecule has 2 N–H and O–H groups in total. The second kappa shape index (κ2) is 8.61. The molecule has 1 heterocycles. The molecule has 1 unspecified atom stereocenters. The molecular formula is C22H22BrNO4. The summed E-state index contributed by atoms with van der Waals surface area (Å²) in [5, 5.41) is 20.5. The van der Waals surface area contributed by atoms with E-state index in [1.165, 1.54) is 17.0 Å². The Kier molecular flexibility index (Phi) is 6.19. The van der Waals surface area contributed by atoms with Gasteiger partial charge in [0.1, 0.15) is 11.5 Å². The average molecular weight is 444 g/mol. The number of aliphatic hydroxyl groups excluding tert-OH is 1. The highest BCUT2D eigenvalue weighted by atomic mass is 79.9. The predicted octanol–water partition coefficient (Wildman–Crippen LogP) is 4.77. The fraction of sp³-hybridized carbons (Fsp3) is 0.273. The van der Waals surface area contributed by atoms with Crippen molar-refractivity contribution in [2.45, 2.75) is 32.2 Å². The summed E-state index contributed by atoms with van der Waals surface area (Å²) in [6, 6.07) is 12.6. The minimum absolute atomic E-state index is 0.0783. The first-order valence-electron chi connectivity index (χ1n) is 9.27. The van der Waals surface area contributed by atoms with E-state index < -0.39 is 17.7 Å². The molecule has 0 spiro atoms. The molecule has 0 bridgehead atoms. The van der Waals surface area contributed by atoms with E-state index in [-0.39, 0.29) is 17.1 Å². The molecule has 1 aliphatic heterocycles. The van der Waals surface area contributed by atoms with Crippen LogP contribution in [0.3, 0.4) is 0 Å². The quantitative estimate of drug-likeness (QED) is 0.291. The van der Waals surface area contributed by atoms with Gasteiger partial charge < -0.3 is 15.1 Å². The number of aromatic hydroxyl groups is 1. The lowest BCUT2D eigenvalue weighted by atomic mass is 9.95. The number of hydrogen-bond acceptors (Lipinski definition) is 4. The van der Waals surface area contributed by atoms with Crippen molar-refractivity contribution in [3.63, 3.8) is 0 Å². The molecule has 5 nitrogen and oxygen atoms in total. The van der Waals surface area contributed by atoms with Crippen molar-refractivity contribution in [3.8, 4) is 5.75 Å². The van der Waals surface area contributed by atoms with Crippen LogP contribution in [0.4, 0.5) is 0 Å². The lowest BCUT2D eigenvalue weighted by Crippen LogP contribution is -2.30. The lowest BCUT2D eigenvalue weighted by Gasteiger charge is -2.25. The number of phenolic OH excluding ortho intramolecular Hbond substituents is 1. The minimum Gasteiger partial charge on any atom is -0.508 e. The summed E-state index contributed by atoms with van der Waals surface area (Å²) in [6.45, 7) is 2.50. The fourth-order valence-electron chi connectivity index (χ4n) is 3.41. The summed E-state index contributed by atoms with van der Waals surface area (Å²) < 4.78 is 0.846. The van der Waals surface area contributed by atoms with Gasteiger partial charge in [-0.05, 0) is 36.2 Å². The molecule has 2 aromatic rings. The topological polar surface area (TPSA) is 77.8 Å². The highest BCUT2D eigenvalue weighted by molar-refractivity contribution is 9.10. The van der Waals surface area contributed by atoms with Gasteiger partial charge in [0.25, 0.3) is 11.7 Å². The van der Waals surface area contributed by atoms with E-state index in [0.29, 0.717) is 17.7 Å². The number of nitrogens with zero attached hydrogens (tertiary/aromatic N) is 1. The number of aliphatic hydroxyl groups is 1. The smallest absolute Gasteiger partial charge is 0.295 e. The Labute approximate surface area is 172 Å². The average Bonchev–Trinajstić information content (AvgIpc) is 2.94. The summed E-state index contributed by atoms with van der Waals surface area (Å²) in [4.78, 5) is 27.1. The number of carbonyl (C=O) groups is 2. The molecule has 0 aliphatic carbocycles. The molecule has 0 aromatic heterocycles. The first kappa shape index (κ1) is 20.1. The Bertz CT molecular complexity index is 903. The molecule has 1 aliphatic rings. The molecule has 2 aromatic carbocycles. The van der Waals surface area contributed by atoms with E-state index in [1.807, 2.05) is 0 Å². The zero-order chi connectivity index (χ0) is 20.3. The van der Waals surface area contributed by atoms with E-state index in [2.05, 4.69) is 22.9 Å². The third kappa shape index (κ3) is 3.97. The van der Waals surface area contributed by atoms with Crippen molar-refractivity contribution in [2.75, 3.05) is 6.54 Å². The van der Waals surface area contributed by atoms with Crippen LogP contribution in [0.25, 0.3) is 5.76 Å². The molecule has 1 amide bonds. The van der Waals surface area contributed by atoms with Gasteiger partial charge in [0.05, 0.1) is 11.6 Å². The van der Waals surface area contributed by atoms with Crippen LogP contribution in [-0.2, 0) is 9.59 Å². The van der Waals surface area contributed by atoms with Gasteiger partial charge in [-0.1, -0.05) is 60.0 Å². The zero-order valence-corrected chi connectivity index (χ0v) is 17.1. The van der Waals surface area contributed by atoms with Crippen LogP contribution in [0.1, 0.15) is 43.4 Å². The lowest BCUT2D eigenvalue weighted by molar-refractivity contribution is -0.139. The number of unbranched alkanes of at least 4 members (excludes halogenated alkanes) is 2. The van der Waals surface area contributed by atoms with Gasteiger partial charge in [0.15, 0.2) is 0 Å². The highest BCUT2D eigenvalue weighted by Crippen LogP contribution is 2.40. The van der Waals surface area contributed by atoms with Crippen LogP contribution in [-0.4, -0.2) is 33.3 Å². The first-order chi connectivity index (χ1) is 13.4. The maximum absolute atomic E-state index is 12.8. The van der Waals surface area contributed by atoms with Gasteiger partial charge in [0, 0.05) is 16.6 Å². The number of hydrogen-bond donors (Lipinski definition) is 2. The highest BCUT2D eigenvalue weighted by Gasteiger charge is 2.45. The Morgan fingerprint density at radius 3 is 2.29 bits per heavy atom. The van der Waals surface area contributed by atoms with Crippen LogP contribution < -0.4 is 0 Å². The number of halogens is 1. The van der Waals surface area contributed by atoms with Gasteiger partial charge in [-0.25, -0.2) is 0 Å². The Hall–Kier alpha value is -2.60. The molecule has 6 heteroatoms. The van der Waals surface area contributed by atoms with Crippen LogP contribution >= 0.6 is 15.9 Å². The van der Waals surface area contributed by atoms with Gasteiger partial charge in [-0.2, -0.15) is 0 Å². The van der Waals surface area contributed by atoms with E-state index in [4.69, 9.17) is 0 Å². The largest absolute Gasteiger partial charge is 0.508 e.